The molecule has 31 heavy (non-hydrogen) atoms. The number of aliphatic imine (C=N–C) groups is 2. The van der Waals surface area contributed by atoms with Crippen LogP contribution in [0.25, 0.3) is 5.70 Å². The first-order valence-electron chi connectivity index (χ1n) is 9.85. The summed E-state index contributed by atoms with van der Waals surface area (Å²) in [5.41, 5.74) is 9.90. The Balaban J connectivity index is 1.31. The largest absolute Gasteiger partial charge is 0.398 e. The number of thioether (sulfide) groups is 1. The Hall–Kier alpha value is -3.77. The number of hydrogen-bond acceptors (Lipinski definition) is 7. The van der Waals surface area contributed by atoms with E-state index in [1.54, 1.807) is 23.9 Å². The van der Waals surface area contributed by atoms with Crippen LogP contribution in [0.1, 0.15) is 17.5 Å². The summed E-state index contributed by atoms with van der Waals surface area (Å²) in [6.07, 6.45) is 4.08. The summed E-state index contributed by atoms with van der Waals surface area (Å²) in [4.78, 5) is 13.0. The van der Waals surface area contributed by atoms with Gasteiger partial charge in [0, 0.05) is 30.8 Å². The minimum Gasteiger partial charge on any atom is -0.398 e. The summed E-state index contributed by atoms with van der Waals surface area (Å²) in [7, 11) is 0. The third kappa shape index (κ3) is 5.24. The first-order chi connectivity index (χ1) is 15.2. The zero-order valence-electron chi connectivity index (χ0n) is 16.7. The Morgan fingerprint density at radius 3 is 2.94 bits per heavy atom. The molecule has 8 nitrogen and oxygen atoms in total. The Morgan fingerprint density at radius 2 is 2.16 bits per heavy atom. The zero-order chi connectivity index (χ0) is 21.5. The monoisotopic (exact) mass is 430 g/mol. The van der Waals surface area contributed by atoms with Crippen molar-refractivity contribution in [3.8, 4) is 6.07 Å². The van der Waals surface area contributed by atoms with Gasteiger partial charge in [0.05, 0.1) is 34.6 Å². The lowest BCUT2D eigenvalue weighted by Gasteiger charge is -2.23. The van der Waals surface area contributed by atoms with Crippen molar-refractivity contribution in [2.24, 2.45) is 15.7 Å². The maximum absolute atomic E-state index is 8.81. The van der Waals surface area contributed by atoms with Crippen LogP contribution in [0.4, 0.5) is 5.82 Å². The second-order valence-electron chi connectivity index (χ2n) is 6.85. The van der Waals surface area contributed by atoms with Gasteiger partial charge in [0.2, 0.25) is 5.96 Å². The number of nitriles is 1. The molecule has 0 saturated heterocycles. The number of anilines is 1. The van der Waals surface area contributed by atoms with Crippen molar-refractivity contribution in [2.75, 3.05) is 18.4 Å². The molecule has 1 atom stereocenters. The van der Waals surface area contributed by atoms with Crippen LogP contribution < -0.4 is 21.7 Å². The van der Waals surface area contributed by atoms with Gasteiger partial charge in [0.15, 0.2) is 0 Å². The van der Waals surface area contributed by atoms with Gasteiger partial charge in [-0.2, -0.15) is 5.26 Å². The number of benzene rings is 1. The Morgan fingerprint density at radius 1 is 1.29 bits per heavy atom. The molecule has 2 aromatic rings. The van der Waals surface area contributed by atoms with Gasteiger partial charge in [-0.1, -0.05) is 42.1 Å². The van der Waals surface area contributed by atoms with E-state index in [-0.39, 0.29) is 6.04 Å². The number of rotatable bonds is 6. The van der Waals surface area contributed by atoms with Gasteiger partial charge in [0.25, 0.3) is 0 Å². The molecule has 1 aromatic carbocycles. The molecule has 0 radical (unpaired) electrons. The fraction of sp³-hybridized carbons (Fsp3) is 0.182. The molecule has 0 saturated carbocycles. The van der Waals surface area contributed by atoms with E-state index in [9.17, 15) is 0 Å². The third-order valence-electron chi connectivity index (χ3n) is 4.70. The number of guanidine groups is 1. The summed E-state index contributed by atoms with van der Waals surface area (Å²) >= 11 is 1.59. The van der Waals surface area contributed by atoms with Crippen molar-refractivity contribution in [1.29, 1.82) is 5.26 Å². The summed E-state index contributed by atoms with van der Waals surface area (Å²) in [6.45, 7) is 1.12. The lowest BCUT2D eigenvalue weighted by molar-refractivity contribution is 0.687. The summed E-state index contributed by atoms with van der Waals surface area (Å²) in [6, 6.07) is 15.6. The molecule has 156 valence electrons. The van der Waals surface area contributed by atoms with Crippen molar-refractivity contribution >= 4 is 35.5 Å². The summed E-state index contributed by atoms with van der Waals surface area (Å²) in [5.74, 6) is 1.27. The van der Waals surface area contributed by atoms with Gasteiger partial charge in [-0.15, -0.1) is 0 Å². The maximum Gasteiger partial charge on any atom is 0.218 e. The second kappa shape index (κ2) is 9.82. The molecule has 5 N–H and O–H groups in total. The highest BCUT2D eigenvalue weighted by Crippen LogP contribution is 2.32. The molecular weight excluding hydrogens is 408 g/mol. The summed E-state index contributed by atoms with van der Waals surface area (Å²) < 4.78 is 0. The highest BCUT2D eigenvalue weighted by Gasteiger charge is 2.22. The van der Waals surface area contributed by atoms with Gasteiger partial charge < -0.3 is 21.7 Å². The standard InChI is InChI=1S/C22H22N8S/c23-12-15-6-7-19(28-13-15)25-10-11-27-22-26-9-8-17(30-22)20(24)21-29-18(14-31-21)16-4-2-1-3-5-16/h1-7,9,13-14,17,29H,8,10-11,24H2,(H,25,28)(H,27,30)/b21-20+. The van der Waals surface area contributed by atoms with Crippen LogP contribution >= 0.6 is 11.8 Å². The average molecular weight is 431 g/mol. The molecule has 3 heterocycles. The van der Waals surface area contributed by atoms with Gasteiger partial charge in [-0.3, -0.25) is 0 Å². The highest BCUT2D eigenvalue weighted by molar-refractivity contribution is 8.06. The minimum atomic E-state index is -0.0667. The van der Waals surface area contributed by atoms with Crippen LogP contribution in [0.3, 0.4) is 0 Å². The van der Waals surface area contributed by atoms with Crippen LogP contribution in [0, 0.1) is 11.3 Å². The van der Waals surface area contributed by atoms with Crippen LogP contribution in [0.5, 0.6) is 0 Å². The van der Waals surface area contributed by atoms with Crippen molar-refractivity contribution in [1.82, 2.24) is 15.6 Å². The van der Waals surface area contributed by atoms with Gasteiger partial charge >= 0.3 is 0 Å². The van der Waals surface area contributed by atoms with E-state index >= 15 is 0 Å². The molecule has 0 fully saturated rings. The zero-order valence-corrected chi connectivity index (χ0v) is 17.6. The van der Waals surface area contributed by atoms with Crippen LogP contribution in [0.2, 0.25) is 0 Å². The molecule has 0 spiro atoms. The topological polar surface area (TPSA) is 124 Å². The molecule has 2 aliphatic heterocycles. The lowest BCUT2D eigenvalue weighted by Crippen LogP contribution is -2.42. The van der Waals surface area contributed by atoms with E-state index in [1.165, 1.54) is 6.20 Å². The normalized spacial score (nSPS) is 20.4. The minimum absolute atomic E-state index is 0.0667. The molecule has 1 aromatic heterocycles. The quantitative estimate of drug-likeness (QED) is 0.519. The lowest BCUT2D eigenvalue weighted by atomic mass is 10.1. The van der Waals surface area contributed by atoms with Crippen molar-refractivity contribution in [3.63, 3.8) is 0 Å². The number of pyridine rings is 1. The fourth-order valence-electron chi connectivity index (χ4n) is 3.05. The summed E-state index contributed by atoms with van der Waals surface area (Å²) in [5, 5.41) is 21.7. The molecule has 2 aliphatic rings. The predicted molar refractivity (Wildman–Crippen MR) is 126 cm³/mol. The van der Waals surface area contributed by atoms with E-state index in [1.807, 2.05) is 30.5 Å². The highest BCUT2D eigenvalue weighted by atomic mass is 32.2. The van der Waals surface area contributed by atoms with Crippen LogP contribution in [-0.4, -0.2) is 36.3 Å². The number of hydrogen-bond donors (Lipinski definition) is 4. The molecule has 0 bridgehead atoms. The predicted octanol–water partition coefficient (Wildman–Crippen LogP) is 2.62. The fourth-order valence-corrected chi connectivity index (χ4v) is 3.93. The van der Waals surface area contributed by atoms with Crippen LogP contribution in [-0.2, 0) is 0 Å². The maximum atomic E-state index is 8.81. The van der Waals surface area contributed by atoms with Gasteiger partial charge in [-0.05, 0) is 17.7 Å². The van der Waals surface area contributed by atoms with Crippen LogP contribution in [0.15, 0.2) is 74.8 Å². The van der Waals surface area contributed by atoms with Gasteiger partial charge in [0.1, 0.15) is 11.9 Å². The number of aromatic nitrogens is 1. The first kappa shape index (κ1) is 20.5. The van der Waals surface area contributed by atoms with E-state index in [2.05, 4.69) is 48.5 Å². The number of nitrogens with zero attached hydrogens (tertiary/aromatic N) is 4. The number of nitrogens with two attached hydrogens (primary N) is 1. The van der Waals surface area contributed by atoms with Crippen molar-refractivity contribution in [3.05, 3.63) is 75.9 Å². The molecule has 9 heteroatoms. The van der Waals surface area contributed by atoms with Crippen molar-refractivity contribution < 1.29 is 0 Å². The Kier molecular flexibility index (Phi) is 6.50. The Bertz CT molecular complexity index is 1080. The van der Waals surface area contributed by atoms with Gasteiger partial charge in [-0.25, -0.2) is 15.0 Å². The number of nitrogens with one attached hydrogen (secondary N) is 3. The molecule has 0 aliphatic carbocycles. The molecule has 1 unspecified atom stereocenters. The van der Waals surface area contributed by atoms with E-state index < -0.39 is 0 Å². The third-order valence-corrected chi connectivity index (χ3v) is 5.62. The van der Waals surface area contributed by atoms with E-state index in [0.29, 0.717) is 36.9 Å². The van der Waals surface area contributed by atoms with E-state index in [4.69, 9.17) is 11.0 Å². The second-order valence-corrected chi connectivity index (χ2v) is 7.72. The van der Waals surface area contributed by atoms with Crippen molar-refractivity contribution in [2.45, 2.75) is 12.5 Å². The Labute approximate surface area is 185 Å². The van der Waals surface area contributed by atoms with E-state index in [0.717, 1.165) is 22.0 Å². The smallest absolute Gasteiger partial charge is 0.218 e. The first-order valence-corrected chi connectivity index (χ1v) is 10.7. The molecule has 0 amide bonds. The molecule has 4 rings (SSSR count). The average Bonchev–Trinajstić information content (AvgIpc) is 3.33. The molecular formula is C22H22N8S. The SMILES string of the molecule is N#Cc1ccc(NCCN=C2N=CCC(/C(N)=C3/NC(c4ccccc4)=CS3)N2)nc1.